The molecule has 2 aliphatic carbocycles. The van der Waals surface area contributed by atoms with Gasteiger partial charge in [-0.1, -0.05) is 50.5 Å². The van der Waals surface area contributed by atoms with Crippen LogP contribution in [-0.2, 0) is 19.1 Å². The van der Waals surface area contributed by atoms with Crippen molar-refractivity contribution in [1.82, 2.24) is 0 Å². The molecule has 0 radical (unpaired) electrons. The first-order valence-electron chi connectivity index (χ1n) is 12.3. The van der Waals surface area contributed by atoms with Crippen LogP contribution in [0, 0.1) is 23.7 Å². The van der Waals surface area contributed by atoms with E-state index in [1.807, 2.05) is 24.3 Å². The predicted octanol–water partition coefficient (Wildman–Crippen LogP) is 4.34. The molecule has 0 heterocycles. The highest BCUT2D eigenvalue weighted by Gasteiger charge is 2.42. The van der Waals surface area contributed by atoms with E-state index in [2.05, 4.69) is 11.7 Å². The summed E-state index contributed by atoms with van der Waals surface area (Å²) in [6.07, 6.45) is 15.1. The maximum atomic E-state index is 11.6. The van der Waals surface area contributed by atoms with Crippen molar-refractivity contribution >= 4 is 11.9 Å². The Morgan fingerprint density at radius 3 is 2.66 bits per heavy atom. The summed E-state index contributed by atoms with van der Waals surface area (Å²) in [7, 11) is 1.39. The van der Waals surface area contributed by atoms with Crippen LogP contribution in [0.2, 0.25) is 0 Å². The minimum atomic E-state index is -0.600. The van der Waals surface area contributed by atoms with Crippen molar-refractivity contribution in [2.45, 2.75) is 96.4 Å². The van der Waals surface area contributed by atoms with Crippen LogP contribution in [0.15, 0.2) is 24.3 Å². The number of unbranched alkanes of at least 4 members (excludes halogenated alkanes) is 1. The molecular weight excluding hydrogens is 408 g/mol. The Labute approximate surface area is 193 Å². The van der Waals surface area contributed by atoms with Gasteiger partial charge < -0.3 is 19.7 Å². The summed E-state index contributed by atoms with van der Waals surface area (Å²) in [4.78, 5) is 22.8. The number of hydrogen-bond acceptors (Lipinski definition) is 6. The number of aliphatic hydroxyl groups excluding tert-OH is 2. The average Bonchev–Trinajstić information content (AvgIpc) is 3.33. The van der Waals surface area contributed by atoms with E-state index in [0.717, 1.165) is 31.6 Å². The highest BCUT2D eigenvalue weighted by molar-refractivity contribution is 5.69. The Morgan fingerprint density at radius 2 is 1.97 bits per heavy atom. The maximum Gasteiger partial charge on any atom is 0.305 e. The molecular formula is C26H42O6. The van der Waals surface area contributed by atoms with Crippen molar-refractivity contribution < 1.29 is 29.3 Å². The van der Waals surface area contributed by atoms with Crippen LogP contribution in [0.3, 0.4) is 0 Å². The number of methoxy groups -OCH3 is 1. The van der Waals surface area contributed by atoms with E-state index in [1.165, 1.54) is 33.3 Å². The van der Waals surface area contributed by atoms with Crippen LogP contribution in [0.5, 0.6) is 0 Å². The lowest BCUT2D eigenvalue weighted by atomic mass is 9.88. The molecule has 6 nitrogen and oxygen atoms in total. The second-order valence-corrected chi connectivity index (χ2v) is 9.47. The predicted molar refractivity (Wildman–Crippen MR) is 124 cm³/mol. The summed E-state index contributed by atoms with van der Waals surface area (Å²) in [5.41, 5.74) is 0. The monoisotopic (exact) mass is 450 g/mol. The second kappa shape index (κ2) is 13.8. The van der Waals surface area contributed by atoms with Gasteiger partial charge in [0.05, 0.1) is 19.3 Å². The molecule has 0 bridgehead atoms. The van der Waals surface area contributed by atoms with Crippen molar-refractivity contribution in [3.05, 3.63) is 24.3 Å². The Kier molecular flexibility index (Phi) is 11.5. The van der Waals surface area contributed by atoms with E-state index in [-0.39, 0.29) is 29.9 Å². The van der Waals surface area contributed by atoms with Gasteiger partial charge in [-0.25, -0.2) is 0 Å². The van der Waals surface area contributed by atoms with Gasteiger partial charge in [0.25, 0.3) is 0 Å². The molecule has 182 valence electrons. The van der Waals surface area contributed by atoms with Crippen LogP contribution in [0.1, 0.15) is 78.1 Å². The third-order valence-electron chi connectivity index (χ3n) is 7.05. The van der Waals surface area contributed by atoms with Crippen molar-refractivity contribution in [3.8, 4) is 0 Å². The molecule has 0 aliphatic heterocycles. The van der Waals surface area contributed by atoms with Gasteiger partial charge in [0.1, 0.15) is 6.10 Å². The number of carbonyl (C=O) groups excluding carboxylic acids is 2. The molecule has 0 amide bonds. The number of allylic oxidation sites excluding steroid dienone is 2. The van der Waals surface area contributed by atoms with Gasteiger partial charge in [-0.05, 0) is 43.9 Å². The standard InChI is InChI=1S/C26H42O6/c1-4-9-19-12-13-20(16-19)23(28)15-14-21-22(25(17-24(21)29)32-18(2)27)10-7-5-6-8-11-26(30)31-3/h5,7,14-15,19-25,28-29H,4,6,8-13,16-17H2,1-3H3/b7-5-,15-14+/t19?,20?,21-,22-,23-,24-,25+/m1/s1. The SMILES string of the molecule is CCCC1CCC([C@H](O)/C=C/[C@@H]2[C@@H](C/C=C\CCCC(=O)OC)[C@@H](OC(C)=O)C[C@H]2O)C1. The van der Waals surface area contributed by atoms with E-state index in [4.69, 9.17) is 4.74 Å². The van der Waals surface area contributed by atoms with E-state index in [9.17, 15) is 19.8 Å². The van der Waals surface area contributed by atoms with Crippen molar-refractivity contribution in [2.75, 3.05) is 7.11 Å². The average molecular weight is 451 g/mol. The van der Waals surface area contributed by atoms with Crippen molar-refractivity contribution in [2.24, 2.45) is 23.7 Å². The van der Waals surface area contributed by atoms with Gasteiger partial charge in [-0.2, -0.15) is 0 Å². The minimum Gasteiger partial charge on any atom is -0.469 e. The zero-order valence-corrected chi connectivity index (χ0v) is 19.9. The first-order chi connectivity index (χ1) is 15.3. The molecule has 6 heteroatoms. The number of ether oxygens (including phenoxy) is 2. The van der Waals surface area contributed by atoms with Gasteiger partial charge in [-0.15, -0.1) is 0 Å². The lowest BCUT2D eigenvalue weighted by Gasteiger charge is -2.23. The van der Waals surface area contributed by atoms with Gasteiger partial charge in [0.15, 0.2) is 0 Å². The normalized spacial score (nSPS) is 31.4. The molecule has 2 rings (SSSR count). The lowest BCUT2D eigenvalue weighted by molar-refractivity contribution is -0.148. The number of aliphatic hydroxyl groups is 2. The van der Waals surface area contributed by atoms with Gasteiger partial charge in [0, 0.05) is 31.6 Å². The molecule has 7 atom stereocenters. The van der Waals surface area contributed by atoms with Crippen LogP contribution < -0.4 is 0 Å². The largest absolute Gasteiger partial charge is 0.469 e. The van der Waals surface area contributed by atoms with Crippen LogP contribution in [-0.4, -0.2) is 47.6 Å². The zero-order chi connectivity index (χ0) is 23.5. The first-order valence-corrected chi connectivity index (χ1v) is 12.3. The molecule has 0 spiro atoms. The molecule has 0 aromatic carbocycles. The Balaban J connectivity index is 1.95. The third kappa shape index (κ3) is 8.36. The molecule has 2 aliphatic rings. The molecule has 2 saturated carbocycles. The summed E-state index contributed by atoms with van der Waals surface area (Å²) < 4.78 is 10.2. The maximum absolute atomic E-state index is 11.6. The van der Waals surface area contributed by atoms with E-state index in [0.29, 0.717) is 25.2 Å². The summed E-state index contributed by atoms with van der Waals surface area (Å²) >= 11 is 0. The fourth-order valence-electron chi connectivity index (χ4n) is 5.36. The molecule has 0 aromatic rings. The van der Waals surface area contributed by atoms with Gasteiger partial charge in [-0.3, -0.25) is 9.59 Å². The topological polar surface area (TPSA) is 93.1 Å². The first kappa shape index (κ1) is 26.6. The molecule has 0 aromatic heterocycles. The molecule has 32 heavy (non-hydrogen) atoms. The molecule has 2 unspecified atom stereocenters. The Hall–Kier alpha value is -1.66. The highest BCUT2D eigenvalue weighted by Crippen LogP contribution is 2.40. The smallest absolute Gasteiger partial charge is 0.305 e. The fourth-order valence-corrected chi connectivity index (χ4v) is 5.36. The number of carbonyl (C=O) groups is 2. The number of esters is 2. The van der Waals surface area contributed by atoms with E-state index in [1.54, 1.807) is 0 Å². The summed E-state index contributed by atoms with van der Waals surface area (Å²) in [6, 6.07) is 0. The summed E-state index contributed by atoms with van der Waals surface area (Å²) in [5.74, 6) is 0.257. The van der Waals surface area contributed by atoms with Gasteiger partial charge in [0.2, 0.25) is 0 Å². The minimum absolute atomic E-state index is 0.0365. The van der Waals surface area contributed by atoms with E-state index >= 15 is 0 Å². The zero-order valence-electron chi connectivity index (χ0n) is 19.9. The van der Waals surface area contributed by atoms with E-state index < -0.39 is 12.2 Å². The number of hydrogen-bond donors (Lipinski definition) is 2. The summed E-state index contributed by atoms with van der Waals surface area (Å²) in [6.45, 7) is 3.60. The fraction of sp³-hybridized carbons (Fsp3) is 0.769. The third-order valence-corrected chi connectivity index (χ3v) is 7.05. The molecule has 2 N–H and O–H groups in total. The molecule has 2 fully saturated rings. The number of rotatable bonds is 12. The summed E-state index contributed by atoms with van der Waals surface area (Å²) in [5, 5.41) is 21.4. The highest BCUT2D eigenvalue weighted by atomic mass is 16.5. The lowest BCUT2D eigenvalue weighted by Crippen LogP contribution is -2.24. The van der Waals surface area contributed by atoms with Gasteiger partial charge >= 0.3 is 11.9 Å². The Morgan fingerprint density at radius 1 is 1.19 bits per heavy atom. The quantitative estimate of drug-likeness (QED) is 0.261. The second-order valence-electron chi connectivity index (χ2n) is 9.47. The van der Waals surface area contributed by atoms with Crippen molar-refractivity contribution in [3.63, 3.8) is 0 Å². The van der Waals surface area contributed by atoms with Crippen LogP contribution >= 0.6 is 0 Å². The Bertz CT molecular complexity index is 642. The van der Waals surface area contributed by atoms with Crippen molar-refractivity contribution in [1.29, 1.82) is 0 Å². The van der Waals surface area contributed by atoms with Crippen LogP contribution in [0.4, 0.5) is 0 Å². The molecule has 0 saturated heterocycles. The van der Waals surface area contributed by atoms with Crippen LogP contribution in [0.25, 0.3) is 0 Å².